The number of amides is 2. The smallest absolute Gasteiger partial charge is 0.326 e. The van der Waals surface area contributed by atoms with Crippen LogP contribution in [0.15, 0.2) is 24.3 Å². The highest BCUT2D eigenvalue weighted by atomic mass is 16.5. The van der Waals surface area contributed by atoms with Gasteiger partial charge in [-0.25, -0.2) is 4.79 Å². The summed E-state index contributed by atoms with van der Waals surface area (Å²) in [5.41, 5.74) is 0.453. The number of hydrogen-bond acceptors (Lipinski definition) is 5. The molecule has 8 nitrogen and oxygen atoms in total. The van der Waals surface area contributed by atoms with Gasteiger partial charge >= 0.3 is 5.97 Å². The molecule has 26 heavy (non-hydrogen) atoms. The standard InChI is InChI=1S/C18H24N2O6/c1-12(18(24)25)20(11-10-19-13(2)21)17(23)9-8-16(22)14-4-6-15(26-3)7-5-14/h4-7,12H,8-11H2,1-3H3,(H,19,21)(H,24,25). The lowest BCUT2D eigenvalue weighted by Gasteiger charge is -2.26. The van der Waals surface area contributed by atoms with E-state index < -0.39 is 17.9 Å². The van der Waals surface area contributed by atoms with Gasteiger partial charge in [-0.3, -0.25) is 14.4 Å². The molecule has 8 heteroatoms. The Kier molecular flexibility index (Phi) is 8.27. The Hall–Kier alpha value is -2.90. The van der Waals surface area contributed by atoms with Gasteiger partial charge in [-0.1, -0.05) is 0 Å². The highest BCUT2D eigenvalue weighted by Gasteiger charge is 2.25. The van der Waals surface area contributed by atoms with Gasteiger partial charge in [0.25, 0.3) is 0 Å². The van der Waals surface area contributed by atoms with Crippen molar-refractivity contribution in [3.05, 3.63) is 29.8 Å². The van der Waals surface area contributed by atoms with Gasteiger partial charge in [0.1, 0.15) is 11.8 Å². The van der Waals surface area contributed by atoms with Crippen molar-refractivity contribution in [3.8, 4) is 5.75 Å². The van der Waals surface area contributed by atoms with E-state index in [1.807, 2.05) is 0 Å². The fourth-order valence-corrected chi connectivity index (χ4v) is 2.31. The zero-order valence-electron chi connectivity index (χ0n) is 15.2. The second kappa shape index (κ2) is 10.2. The van der Waals surface area contributed by atoms with E-state index in [4.69, 9.17) is 9.84 Å². The molecule has 0 heterocycles. The minimum absolute atomic E-state index is 0.0336. The number of ether oxygens (including phenoxy) is 1. The first kappa shape index (κ1) is 21.1. The third kappa shape index (κ3) is 6.54. The molecule has 0 aliphatic rings. The number of Topliss-reactive ketones (excluding diaryl/α,β-unsaturated/α-hetero) is 1. The number of hydrogen-bond donors (Lipinski definition) is 2. The van der Waals surface area contributed by atoms with Crippen LogP contribution in [-0.4, -0.2) is 59.8 Å². The molecule has 142 valence electrons. The van der Waals surface area contributed by atoms with Crippen LogP contribution in [0.2, 0.25) is 0 Å². The molecule has 0 bridgehead atoms. The predicted octanol–water partition coefficient (Wildman–Crippen LogP) is 1.10. The monoisotopic (exact) mass is 364 g/mol. The molecule has 0 fully saturated rings. The summed E-state index contributed by atoms with van der Waals surface area (Å²) in [6, 6.07) is 5.48. The first-order chi connectivity index (χ1) is 12.3. The van der Waals surface area contributed by atoms with Gasteiger partial charge in [0.15, 0.2) is 5.78 Å². The number of rotatable bonds is 10. The molecule has 1 unspecified atom stereocenters. The Bertz CT molecular complexity index is 656. The van der Waals surface area contributed by atoms with Crippen molar-refractivity contribution in [1.29, 1.82) is 0 Å². The SMILES string of the molecule is COc1ccc(C(=O)CCC(=O)N(CCNC(C)=O)C(C)C(=O)O)cc1. The summed E-state index contributed by atoms with van der Waals surface area (Å²) in [5.74, 6) is -1.47. The van der Waals surface area contributed by atoms with Gasteiger partial charge in [-0.15, -0.1) is 0 Å². The first-order valence-electron chi connectivity index (χ1n) is 8.20. The van der Waals surface area contributed by atoms with Crippen molar-refractivity contribution in [2.75, 3.05) is 20.2 Å². The summed E-state index contributed by atoms with van der Waals surface area (Å²) < 4.78 is 5.02. The average Bonchev–Trinajstić information content (AvgIpc) is 2.62. The molecular weight excluding hydrogens is 340 g/mol. The molecule has 0 saturated heterocycles. The van der Waals surface area contributed by atoms with Crippen LogP contribution in [0.1, 0.15) is 37.0 Å². The van der Waals surface area contributed by atoms with Crippen molar-refractivity contribution in [2.24, 2.45) is 0 Å². The maximum absolute atomic E-state index is 12.4. The fraction of sp³-hybridized carbons (Fsp3) is 0.444. The van der Waals surface area contributed by atoms with Crippen LogP contribution in [0.25, 0.3) is 0 Å². The van der Waals surface area contributed by atoms with E-state index in [2.05, 4.69) is 5.32 Å². The molecular formula is C18H24N2O6. The predicted molar refractivity (Wildman–Crippen MR) is 94.1 cm³/mol. The van der Waals surface area contributed by atoms with Gasteiger partial charge in [0.2, 0.25) is 11.8 Å². The second-order valence-corrected chi connectivity index (χ2v) is 5.74. The van der Waals surface area contributed by atoms with E-state index >= 15 is 0 Å². The van der Waals surface area contributed by atoms with Gasteiger partial charge in [-0.05, 0) is 31.2 Å². The number of carboxylic acid groups (broad SMARTS) is 1. The van der Waals surface area contributed by atoms with Gasteiger partial charge < -0.3 is 20.1 Å². The van der Waals surface area contributed by atoms with Crippen LogP contribution in [-0.2, 0) is 14.4 Å². The van der Waals surface area contributed by atoms with Crippen molar-refractivity contribution in [2.45, 2.75) is 32.7 Å². The molecule has 2 N–H and O–H groups in total. The lowest BCUT2D eigenvalue weighted by atomic mass is 10.1. The van der Waals surface area contributed by atoms with E-state index in [1.165, 1.54) is 21.0 Å². The van der Waals surface area contributed by atoms with E-state index in [-0.39, 0.29) is 37.6 Å². The highest BCUT2D eigenvalue weighted by molar-refractivity contribution is 5.98. The molecule has 0 aromatic heterocycles. The molecule has 2 amide bonds. The first-order valence-corrected chi connectivity index (χ1v) is 8.20. The summed E-state index contributed by atoms with van der Waals surface area (Å²) in [7, 11) is 1.52. The van der Waals surface area contributed by atoms with Crippen molar-refractivity contribution in [1.82, 2.24) is 10.2 Å². The molecule has 1 atom stereocenters. The Balaban J connectivity index is 2.67. The van der Waals surface area contributed by atoms with E-state index in [0.717, 1.165) is 4.90 Å². The number of methoxy groups -OCH3 is 1. The molecule has 1 rings (SSSR count). The molecule has 0 radical (unpaired) electrons. The lowest BCUT2D eigenvalue weighted by Crippen LogP contribution is -2.46. The summed E-state index contributed by atoms with van der Waals surface area (Å²) in [4.78, 5) is 47.9. The van der Waals surface area contributed by atoms with Crippen molar-refractivity contribution in [3.63, 3.8) is 0 Å². The Morgan fingerprint density at radius 1 is 1.15 bits per heavy atom. The third-order valence-corrected chi connectivity index (χ3v) is 3.85. The molecule has 0 saturated carbocycles. The number of carboxylic acids is 1. The van der Waals surface area contributed by atoms with Crippen molar-refractivity contribution >= 4 is 23.6 Å². The van der Waals surface area contributed by atoms with Gasteiger partial charge in [0.05, 0.1) is 7.11 Å². The molecule has 0 aliphatic heterocycles. The van der Waals surface area contributed by atoms with Crippen LogP contribution in [0.3, 0.4) is 0 Å². The van der Waals surface area contributed by atoms with Crippen LogP contribution in [0.4, 0.5) is 0 Å². The lowest BCUT2D eigenvalue weighted by molar-refractivity contribution is -0.149. The van der Waals surface area contributed by atoms with Crippen LogP contribution < -0.4 is 10.1 Å². The van der Waals surface area contributed by atoms with Crippen LogP contribution in [0, 0.1) is 0 Å². The second-order valence-electron chi connectivity index (χ2n) is 5.74. The minimum Gasteiger partial charge on any atom is -0.497 e. The molecule has 1 aromatic carbocycles. The number of aliphatic carboxylic acids is 1. The van der Waals surface area contributed by atoms with E-state index in [9.17, 15) is 19.2 Å². The maximum Gasteiger partial charge on any atom is 0.326 e. The number of carbonyl (C=O) groups excluding carboxylic acids is 3. The highest BCUT2D eigenvalue weighted by Crippen LogP contribution is 2.14. The van der Waals surface area contributed by atoms with Gasteiger partial charge in [0, 0.05) is 38.4 Å². The maximum atomic E-state index is 12.4. The minimum atomic E-state index is -1.15. The molecule has 1 aromatic rings. The van der Waals surface area contributed by atoms with Gasteiger partial charge in [-0.2, -0.15) is 0 Å². The Morgan fingerprint density at radius 2 is 1.77 bits per heavy atom. The zero-order chi connectivity index (χ0) is 19.7. The summed E-state index contributed by atoms with van der Waals surface area (Å²) >= 11 is 0. The number of benzene rings is 1. The Morgan fingerprint density at radius 3 is 2.27 bits per heavy atom. The largest absolute Gasteiger partial charge is 0.497 e. The summed E-state index contributed by atoms with van der Waals surface area (Å²) in [6.07, 6.45) is -0.142. The van der Waals surface area contributed by atoms with Crippen LogP contribution in [0.5, 0.6) is 5.75 Å². The summed E-state index contributed by atoms with van der Waals surface area (Å²) in [6.45, 7) is 2.92. The Labute approximate surface area is 152 Å². The fourth-order valence-electron chi connectivity index (χ4n) is 2.31. The topological polar surface area (TPSA) is 113 Å². The number of carbonyl (C=O) groups is 4. The van der Waals surface area contributed by atoms with E-state index in [0.29, 0.717) is 11.3 Å². The third-order valence-electron chi connectivity index (χ3n) is 3.85. The average molecular weight is 364 g/mol. The molecule has 0 spiro atoms. The van der Waals surface area contributed by atoms with Crippen LogP contribution >= 0.6 is 0 Å². The number of ketones is 1. The van der Waals surface area contributed by atoms with E-state index in [1.54, 1.807) is 24.3 Å². The quantitative estimate of drug-likeness (QED) is 0.601. The number of nitrogens with zero attached hydrogens (tertiary/aromatic N) is 1. The number of nitrogens with one attached hydrogen (secondary N) is 1. The summed E-state index contributed by atoms with van der Waals surface area (Å²) in [5, 5.41) is 11.7. The molecule has 0 aliphatic carbocycles. The zero-order valence-corrected chi connectivity index (χ0v) is 15.2. The van der Waals surface area contributed by atoms with Crippen molar-refractivity contribution < 1.29 is 29.0 Å². The normalized spacial score (nSPS) is 11.3.